The molecule has 0 aliphatic rings. The lowest BCUT2D eigenvalue weighted by Crippen LogP contribution is -2.19. The van der Waals surface area contributed by atoms with Crippen LogP contribution in [0.15, 0.2) is 24.4 Å². The molecule has 0 saturated heterocycles. The highest BCUT2D eigenvalue weighted by Gasteiger charge is 1.92. The van der Waals surface area contributed by atoms with E-state index in [-0.39, 0.29) is 0 Å². The third-order valence-corrected chi connectivity index (χ3v) is 1.65. The first-order valence-corrected chi connectivity index (χ1v) is 4.70. The highest BCUT2D eigenvalue weighted by molar-refractivity contribution is 4.96. The van der Waals surface area contributed by atoms with E-state index in [1.165, 1.54) is 0 Å². The topological polar surface area (TPSA) is 49.9 Å². The minimum atomic E-state index is 0.645. The maximum Gasteiger partial charge on any atom is 0.0672 e. The molecule has 0 aliphatic carbocycles. The second-order valence-corrected chi connectivity index (χ2v) is 3.27. The molecule has 0 unspecified atom stereocenters. The van der Waals surface area contributed by atoms with Crippen LogP contribution in [0.1, 0.15) is 12.6 Å². The summed E-state index contributed by atoms with van der Waals surface area (Å²) in [5, 5.41) is 9.97. The third-order valence-electron chi connectivity index (χ3n) is 1.65. The standard InChI is InChI=1S/C10H17N3O/c1-9(2)8-14-6-5-11-7-10-3-4-12-13-10/h3-4,11H,1,5-8H2,2H3,(H,12,13). The Morgan fingerprint density at radius 1 is 1.71 bits per heavy atom. The fourth-order valence-corrected chi connectivity index (χ4v) is 0.997. The van der Waals surface area contributed by atoms with Crippen molar-refractivity contribution in [2.45, 2.75) is 13.5 Å². The molecule has 1 heterocycles. The van der Waals surface area contributed by atoms with E-state index in [1.807, 2.05) is 13.0 Å². The number of H-pyrrole nitrogens is 1. The minimum Gasteiger partial charge on any atom is -0.376 e. The predicted molar refractivity (Wildman–Crippen MR) is 55.9 cm³/mol. The van der Waals surface area contributed by atoms with E-state index in [2.05, 4.69) is 22.1 Å². The zero-order valence-electron chi connectivity index (χ0n) is 8.55. The number of rotatable bonds is 7. The highest BCUT2D eigenvalue weighted by Crippen LogP contribution is 1.90. The number of aromatic amines is 1. The van der Waals surface area contributed by atoms with Crippen LogP contribution in [0.4, 0.5) is 0 Å². The van der Waals surface area contributed by atoms with Crippen molar-refractivity contribution in [3.05, 3.63) is 30.1 Å². The number of hydrogen-bond donors (Lipinski definition) is 2. The van der Waals surface area contributed by atoms with Gasteiger partial charge in [0.1, 0.15) is 0 Å². The summed E-state index contributed by atoms with van der Waals surface area (Å²) in [4.78, 5) is 0. The second kappa shape index (κ2) is 6.34. The Bertz CT molecular complexity index is 256. The van der Waals surface area contributed by atoms with E-state index in [0.717, 1.165) is 24.4 Å². The molecule has 0 saturated carbocycles. The molecule has 0 fully saturated rings. The van der Waals surface area contributed by atoms with Gasteiger partial charge in [0.15, 0.2) is 0 Å². The minimum absolute atomic E-state index is 0.645. The van der Waals surface area contributed by atoms with Crippen LogP contribution in [0.25, 0.3) is 0 Å². The van der Waals surface area contributed by atoms with Crippen molar-refractivity contribution in [3.63, 3.8) is 0 Å². The maximum absolute atomic E-state index is 5.33. The van der Waals surface area contributed by atoms with Crippen LogP contribution in [-0.2, 0) is 11.3 Å². The van der Waals surface area contributed by atoms with Crippen LogP contribution in [0.5, 0.6) is 0 Å². The highest BCUT2D eigenvalue weighted by atomic mass is 16.5. The van der Waals surface area contributed by atoms with Gasteiger partial charge < -0.3 is 10.1 Å². The molecule has 2 N–H and O–H groups in total. The number of nitrogens with one attached hydrogen (secondary N) is 2. The van der Waals surface area contributed by atoms with Crippen molar-refractivity contribution < 1.29 is 4.74 Å². The first-order valence-electron chi connectivity index (χ1n) is 4.70. The van der Waals surface area contributed by atoms with Crippen molar-refractivity contribution in [2.75, 3.05) is 19.8 Å². The summed E-state index contributed by atoms with van der Waals surface area (Å²) in [5.41, 5.74) is 2.14. The lowest BCUT2D eigenvalue weighted by Gasteiger charge is -2.04. The summed E-state index contributed by atoms with van der Waals surface area (Å²) < 4.78 is 5.33. The molecule has 78 valence electrons. The van der Waals surface area contributed by atoms with Crippen LogP contribution in [0, 0.1) is 0 Å². The zero-order valence-corrected chi connectivity index (χ0v) is 8.55. The number of ether oxygens (including phenoxy) is 1. The van der Waals surface area contributed by atoms with E-state index in [9.17, 15) is 0 Å². The van der Waals surface area contributed by atoms with Gasteiger partial charge in [-0.3, -0.25) is 5.10 Å². The molecule has 1 aromatic rings. The van der Waals surface area contributed by atoms with E-state index in [1.54, 1.807) is 6.20 Å². The van der Waals surface area contributed by atoms with Gasteiger partial charge in [-0.1, -0.05) is 12.2 Å². The van der Waals surface area contributed by atoms with E-state index >= 15 is 0 Å². The van der Waals surface area contributed by atoms with Gasteiger partial charge in [0.25, 0.3) is 0 Å². The molecule has 0 spiro atoms. The van der Waals surface area contributed by atoms with Gasteiger partial charge in [0.05, 0.1) is 13.2 Å². The first-order chi connectivity index (χ1) is 6.79. The lowest BCUT2D eigenvalue weighted by atomic mass is 10.4. The predicted octanol–water partition coefficient (Wildman–Crippen LogP) is 1.09. The van der Waals surface area contributed by atoms with Crippen LogP contribution >= 0.6 is 0 Å². The molecule has 0 radical (unpaired) electrons. The summed E-state index contributed by atoms with van der Waals surface area (Å²) in [7, 11) is 0. The molecule has 1 rings (SSSR count). The largest absolute Gasteiger partial charge is 0.376 e. The Balaban J connectivity index is 1.92. The monoisotopic (exact) mass is 195 g/mol. The van der Waals surface area contributed by atoms with Crippen LogP contribution in [0.3, 0.4) is 0 Å². The van der Waals surface area contributed by atoms with Crippen LogP contribution in [0.2, 0.25) is 0 Å². The van der Waals surface area contributed by atoms with E-state index in [4.69, 9.17) is 4.74 Å². The average molecular weight is 195 g/mol. The normalized spacial score (nSPS) is 10.4. The molecule has 0 bridgehead atoms. The third kappa shape index (κ3) is 4.79. The molecular weight excluding hydrogens is 178 g/mol. The first kappa shape index (κ1) is 10.9. The second-order valence-electron chi connectivity index (χ2n) is 3.27. The van der Waals surface area contributed by atoms with Gasteiger partial charge in [-0.25, -0.2) is 0 Å². The fraction of sp³-hybridized carbons (Fsp3) is 0.500. The molecule has 0 aliphatic heterocycles. The summed E-state index contributed by atoms with van der Waals surface area (Å²) in [6.45, 7) is 8.71. The van der Waals surface area contributed by atoms with Crippen molar-refractivity contribution in [2.24, 2.45) is 0 Å². The summed E-state index contributed by atoms with van der Waals surface area (Å²) in [6, 6.07) is 1.95. The lowest BCUT2D eigenvalue weighted by molar-refractivity contribution is 0.157. The van der Waals surface area contributed by atoms with Gasteiger partial charge in [-0.05, 0) is 13.0 Å². The van der Waals surface area contributed by atoms with E-state index in [0.29, 0.717) is 13.2 Å². The molecule has 14 heavy (non-hydrogen) atoms. The molecule has 0 aromatic carbocycles. The average Bonchev–Trinajstić information content (AvgIpc) is 2.63. The quantitative estimate of drug-likeness (QED) is 0.506. The van der Waals surface area contributed by atoms with Crippen molar-refractivity contribution in [1.82, 2.24) is 15.5 Å². The van der Waals surface area contributed by atoms with Gasteiger partial charge in [0, 0.05) is 25.0 Å². The summed E-state index contributed by atoms with van der Waals surface area (Å²) in [5.74, 6) is 0. The van der Waals surface area contributed by atoms with Crippen LogP contribution < -0.4 is 5.32 Å². The van der Waals surface area contributed by atoms with E-state index < -0.39 is 0 Å². The van der Waals surface area contributed by atoms with Gasteiger partial charge in [-0.2, -0.15) is 5.10 Å². The van der Waals surface area contributed by atoms with Crippen LogP contribution in [-0.4, -0.2) is 30.0 Å². The van der Waals surface area contributed by atoms with Crippen molar-refractivity contribution in [1.29, 1.82) is 0 Å². The molecule has 4 nitrogen and oxygen atoms in total. The molecule has 4 heteroatoms. The van der Waals surface area contributed by atoms with Crippen molar-refractivity contribution in [3.8, 4) is 0 Å². The molecular formula is C10H17N3O. The number of aromatic nitrogens is 2. The fourth-order valence-electron chi connectivity index (χ4n) is 0.997. The molecule has 1 aromatic heterocycles. The SMILES string of the molecule is C=C(C)COCCNCc1ccn[nH]1. The Labute approximate surface area is 84.4 Å². The summed E-state index contributed by atoms with van der Waals surface area (Å²) >= 11 is 0. The van der Waals surface area contributed by atoms with Gasteiger partial charge in [0.2, 0.25) is 0 Å². The Morgan fingerprint density at radius 3 is 3.21 bits per heavy atom. The number of hydrogen-bond acceptors (Lipinski definition) is 3. The molecule has 0 atom stereocenters. The number of nitrogens with zero attached hydrogens (tertiary/aromatic N) is 1. The van der Waals surface area contributed by atoms with Crippen molar-refractivity contribution >= 4 is 0 Å². The Kier molecular flexibility index (Phi) is 4.96. The Hall–Kier alpha value is -1.13. The molecule has 0 amide bonds. The zero-order chi connectivity index (χ0) is 10.2. The summed E-state index contributed by atoms with van der Waals surface area (Å²) in [6.07, 6.45) is 1.74. The smallest absolute Gasteiger partial charge is 0.0672 e. The maximum atomic E-state index is 5.33. The Morgan fingerprint density at radius 2 is 2.57 bits per heavy atom. The van der Waals surface area contributed by atoms with Gasteiger partial charge in [-0.15, -0.1) is 0 Å². The van der Waals surface area contributed by atoms with Gasteiger partial charge >= 0.3 is 0 Å².